The molecule has 2 N–H and O–H groups in total. The van der Waals surface area contributed by atoms with E-state index >= 15 is 0 Å². The fourth-order valence-electron chi connectivity index (χ4n) is 2.11. The molecule has 0 spiro atoms. The van der Waals surface area contributed by atoms with Crippen LogP contribution in [0.3, 0.4) is 0 Å². The molecule has 2 rings (SSSR count). The molecule has 0 unspecified atom stereocenters. The molecule has 96 valence electrons. The van der Waals surface area contributed by atoms with Crippen LogP contribution in [0.2, 0.25) is 0 Å². The van der Waals surface area contributed by atoms with E-state index in [1.807, 2.05) is 17.8 Å². The molecule has 1 aromatic heterocycles. The van der Waals surface area contributed by atoms with E-state index in [0.29, 0.717) is 19.8 Å². The minimum atomic E-state index is -0.579. The summed E-state index contributed by atoms with van der Waals surface area (Å²) in [6.45, 7) is 2.84. The van der Waals surface area contributed by atoms with Gasteiger partial charge in [0.2, 0.25) is 0 Å². The summed E-state index contributed by atoms with van der Waals surface area (Å²) in [6.07, 6.45) is 4.20. The van der Waals surface area contributed by atoms with Gasteiger partial charge in [-0.3, -0.25) is 4.68 Å². The van der Waals surface area contributed by atoms with Crippen molar-refractivity contribution in [3.63, 3.8) is 0 Å². The number of rotatable bonds is 5. The van der Waals surface area contributed by atoms with E-state index in [1.165, 1.54) is 5.69 Å². The predicted molar refractivity (Wildman–Crippen MR) is 64.8 cm³/mol. The number of aryl methyl sites for hydroxylation is 1. The molecule has 0 atom stereocenters. The molecular formula is C12H21N3O2. The number of aromatic nitrogens is 2. The van der Waals surface area contributed by atoms with E-state index < -0.39 is 5.60 Å². The van der Waals surface area contributed by atoms with Crippen molar-refractivity contribution in [2.24, 2.45) is 7.05 Å². The molecule has 0 radical (unpaired) electrons. The van der Waals surface area contributed by atoms with Crippen LogP contribution in [0.25, 0.3) is 0 Å². The third-order valence-corrected chi connectivity index (χ3v) is 3.36. The van der Waals surface area contributed by atoms with Gasteiger partial charge >= 0.3 is 0 Å². The van der Waals surface area contributed by atoms with Gasteiger partial charge in [0.05, 0.1) is 5.60 Å². The zero-order valence-corrected chi connectivity index (χ0v) is 10.4. The number of aliphatic hydroxyl groups is 1. The lowest BCUT2D eigenvalue weighted by Crippen LogP contribution is -2.45. The number of hydrogen-bond donors (Lipinski definition) is 2. The molecule has 2 heterocycles. The van der Waals surface area contributed by atoms with Crippen LogP contribution in [-0.4, -0.2) is 46.8 Å². The SMILES string of the molecule is Cn1nccc1CCNCC1(O)CCOCC1. The van der Waals surface area contributed by atoms with Crippen molar-refractivity contribution in [2.45, 2.75) is 24.9 Å². The van der Waals surface area contributed by atoms with Crippen molar-refractivity contribution in [3.8, 4) is 0 Å². The van der Waals surface area contributed by atoms with Crippen molar-refractivity contribution in [1.82, 2.24) is 15.1 Å². The maximum Gasteiger partial charge on any atom is 0.0815 e. The Bertz CT molecular complexity index is 345. The molecular weight excluding hydrogens is 218 g/mol. The Hall–Kier alpha value is -0.910. The Morgan fingerprint density at radius 1 is 1.53 bits per heavy atom. The molecule has 1 aromatic rings. The lowest BCUT2D eigenvalue weighted by atomic mass is 9.94. The van der Waals surface area contributed by atoms with Gasteiger partial charge in [-0.1, -0.05) is 0 Å². The summed E-state index contributed by atoms with van der Waals surface area (Å²) >= 11 is 0. The topological polar surface area (TPSA) is 59.3 Å². The summed E-state index contributed by atoms with van der Waals surface area (Å²) in [6, 6.07) is 2.02. The van der Waals surface area contributed by atoms with Crippen molar-refractivity contribution >= 4 is 0 Å². The summed E-state index contributed by atoms with van der Waals surface area (Å²) in [5, 5.41) is 17.7. The van der Waals surface area contributed by atoms with Crippen LogP contribution in [0, 0.1) is 0 Å². The van der Waals surface area contributed by atoms with Gasteiger partial charge in [-0.15, -0.1) is 0 Å². The molecule has 0 aromatic carbocycles. The van der Waals surface area contributed by atoms with E-state index in [2.05, 4.69) is 10.4 Å². The maximum absolute atomic E-state index is 10.2. The molecule has 1 aliphatic heterocycles. The summed E-state index contributed by atoms with van der Waals surface area (Å²) in [7, 11) is 1.95. The van der Waals surface area contributed by atoms with Gasteiger partial charge in [0.1, 0.15) is 0 Å². The molecule has 0 saturated carbocycles. The highest BCUT2D eigenvalue weighted by molar-refractivity contribution is 5.00. The average Bonchev–Trinajstić information content (AvgIpc) is 2.72. The van der Waals surface area contributed by atoms with E-state index in [4.69, 9.17) is 4.74 Å². The van der Waals surface area contributed by atoms with Crippen molar-refractivity contribution in [3.05, 3.63) is 18.0 Å². The second kappa shape index (κ2) is 5.62. The van der Waals surface area contributed by atoms with Crippen LogP contribution in [0.4, 0.5) is 0 Å². The first-order chi connectivity index (χ1) is 8.20. The molecule has 0 amide bonds. The number of nitrogens with zero attached hydrogens (tertiary/aromatic N) is 2. The average molecular weight is 239 g/mol. The van der Waals surface area contributed by atoms with Gasteiger partial charge in [0.15, 0.2) is 0 Å². The lowest BCUT2D eigenvalue weighted by molar-refractivity contribution is -0.0614. The Morgan fingerprint density at radius 3 is 2.94 bits per heavy atom. The standard InChI is InChI=1S/C12H21N3O2/c1-15-11(3-7-14-15)2-6-13-10-12(16)4-8-17-9-5-12/h3,7,13,16H,2,4-6,8-10H2,1H3. The molecule has 1 fully saturated rings. The van der Waals surface area contributed by atoms with Crippen molar-refractivity contribution in [1.29, 1.82) is 0 Å². The number of ether oxygens (including phenoxy) is 1. The van der Waals surface area contributed by atoms with Gasteiger partial charge in [-0.2, -0.15) is 5.10 Å². The Labute approximate surface area is 102 Å². The van der Waals surface area contributed by atoms with Gasteiger partial charge in [0, 0.05) is 64.5 Å². The van der Waals surface area contributed by atoms with E-state index in [9.17, 15) is 5.11 Å². The Balaban J connectivity index is 1.67. The summed E-state index contributed by atoms with van der Waals surface area (Å²) in [5.74, 6) is 0. The fraction of sp³-hybridized carbons (Fsp3) is 0.750. The highest BCUT2D eigenvalue weighted by Gasteiger charge is 2.28. The Kier molecular flexibility index (Phi) is 4.15. The summed E-state index contributed by atoms with van der Waals surface area (Å²) < 4.78 is 7.13. The smallest absolute Gasteiger partial charge is 0.0815 e. The Morgan fingerprint density at radius 2 is 2.29 bits per heavy atom. The second-order valence-corrected chi connectivity index (χ2v) is 4.71. The molecule has 1 saturated heterocycles. The largest absolute Gasteiger partial charge is 0.388 e. The molecule has 17 heavy (non-hydrogen) atoms. The van der Waals surface area contributed by atoms with Crippen LogP contribution in [-0.2, 0) is 18.2 Å². The number of nitrogens with one attached hydrogen (secondary N) is 1. The third kappa shape index (κ3) is 3.52. The van der Waals surface area contributed by atoms with Crippen LogP contribution >= 0.6 is 0 Å². The van der Waals surface area contributed by atoms with Crippen LogP contribution in [0.15, 0.2) is 12.3 Å². The van der Waals surface area contributed by atoms with Crippen LogP contribution in [0.5, 0.6) is 0 Å². The zero-order chi connectivity index (χ0) is 12.1. The molecule has 0 aliphatic carbocycles. The van der Waals surface area contributed by atoms with Crippen molar-refractivity contribution in [2.75, 3.05) is 26.3 Å². The van der Waals surface area contributed by atoms with E-state index in [0.717, 1.165) is 25.8 Å². The highest BCUT2D eigenvalue weighted by Crippen LogP contribution is 2.19. The minimum Gasteiger partial charge on any atom is -0.388 e. The van der Waals surface area contributed by atoms with Crippen LogP contribution < -0.4 is 5.32 Å². The first-order valence-electron chi connectivity index (χ1n) is 6.17. The van der Waals surface area contributed by atoms with Gasteiger partial charge in [-0.05, 0) is 6.07 Å². The molecule has 5 nitrogen and oxygen atoms in total. The molecule has 0 bridgehead atoms. The number of hydrogen-bond acceptors (Lipinski definition) is 4. The van der Waals surface area contributed by atoms with Gasteiger partial charge in [-0.25, -0.2) is 0 Å². The quantitative estimate of drug-likeness (QED) is 0.715. The first-order valence-corrected chi connectivity index (χ1v) is 6.17. The van der Waals surface area contributed by atoms with Crippen LogP contribution in [0.1, 0.15) is 18.5 Å². The minimum absolute atomic E-state index is 0.579. The fourth-order valence-corrected chi connectivity index (χ4v) is 2.11. The summed E-state index contributed by atoms with van der Waals surface area (Å²) in [5.41, 5.74) is 0.626. The van der Waals surface area contributed by atoms with E-state index in [-0.39, 0.29) is 0 Å². The molecule has 1 aliphatic rings. The lowest BCUT2D eigenvalue weighted by Gasteiger charge is -2.32. The zero-order valence-electron chi connectivity index (χ0n) is 10.4. The first kappa shape index (κ1) is 12.5. The van der Waals surface area contributed by atoms with Gasteiger partial charge < -0.3 is 15.2 Å². The highest BCUT2D eigenvalue weighted by atomic mass is 16.5. The predicted octanol–water partition coefficient (Wildman–Crippen LogP) is 0.0937. The normalized spacial score (nSPS) is 19.4. The van der Waals surface area contributed by atoms with Crippen molar-refractivity contribution < 1.29 is 9.84 Å². The monoisotopic (exact) mass is 239 g/mol. The van der Waals surface area contributed by atoms with Gasteiger partial charge in [0.25, 0.3) is 0 Å². The maximum atomic E-state index is 10.2. The third-order valence-electron chi connectivity index (χ3n) is 3.36. The van der Waals surface area contributed by atoms with E-state index in [1.54, 1.807) is 6.20 Å². The summed E-state index contributed by atoms with van der Waals surface area (Å²) in [4.78, 5) is 0. The second-order valence-electron chi connectivity index (χ2n) is 4.71. The molecule has 5 heteroatoms.